The summed E-state index contributed by atoms with van der Waals surface area (Å²) >= 11 is -1.47. The van der Waals surface area contributed by atoms with Gasteiger partial charge < -0.3 is 14.4 Å². The van der Waals surface area contributed by atoms with Crippen LogP contribution in [-0.4, -0.2) is 21.6 Å². The van der Waals surface area contributed by atoms with Gasteiger partial charge in [0.2, 0.25) is 0 Å². The van der Waals surface area contributed by atoms with E-state index in [1.807, 2.05) is 6.07 Å². The molecule has 6 heteroatoms. The Hall–Kier alpha value is -2.31. The standard InChI is InChI=1S/C18H14O5S/c19-15-6-4-11-7-12-2-1-10-3-5-13(23-18(20)21)8-16(10)24(22)17(12)9-14(11)15/h3,5,7-9H,1-2,4,6H2,(H,20,21). The maximum absolute atomic E-state index is 13.1. The predicted molar refractivity (Wildman–Crippen MR) is 86.3 cm³/mol. The van der Waals surface area contributed by atoms with Crippen LogP contribution in [0, 0.1) is 0 Å². The molecule has 0 saturated carbocycles. The van der Waals surface area contributed by atoms with Gasteiger partial charge in [-0.2, -0.15) is 0 Å². The predicted octanol–water partition coefficient (Wildman–Crippen LogP) is 3.14. The summed E-state index contributed by atoms with van der Waals surface area (Å²) in [5, 5.41) is 8.75. The van der Waals surface area contributed by atoms with Gasteiger partial charge in [-0.05, 0) is 30.9 Å². The number of hydrogen-bond acceptors (Lipinski definition) is 4. The highest BCUT2D eigenvalue weighted by Crippen LogP contribution is 2.37. The van der Waals surface area contributed by atoms with Gasteiger partial charge in [0.15, 0.2) is 15.6 Å². The summed E-state index contributed by atoms with van der Waals surface area (Å²) in [7, 11) is 0. The van der Waals surface area contributed by atoms with Gasteiger partial charge >= 0.3 is 6.16 Å². The lowest BCUT2D eigenvalue weighted by Crippen LogP contribution is -2.08. The first-order valence-corrected chi connectivity index (χ1v) is 8.82. The molecule has 1 aliphatic carbocycles. The Morgan fingerprint density at radius 1 is 1.00 bits per heavy atom. The number of carbonyl (C=O) groups is 2. The van der Waals surface area contributed by atoms with Crippen molar-refractivity contribution in [2.75, 3.05) is 0 Å². The molecule has 0 saturated heterocycles. The smallest absolute Gasteiger partial charge is 0.511 e. The fourth-order valence-corrected chi connectivity index (χ4v) is 4.85. The molecule has 0 amide bonds. The lowest BCUT2D eigenvalue weighted by Gasteiger charge is -2.14. The van der Waals surface area contributed by atoms with E-state index in [-0.39, 0.29) is 11.5 Å². The van der Waals surface area contributed by atoms with Gasteiger partial charge in [0.25, 0.3) is 0 Å². The molecule has 4 rings (SSSR count). The summed E-state index contributed by atoms with van der Waals surface area (Å²) < 4.78 is 17.7. The molecule has 1 heterocycles. The fraction of sp³-hybridized carbons (Fsp3) is 0.222. The van der Waals surface area contributed by atoms with Crippen molar-refractivity contribution in [3.8, 4) is 5.75 Å². The Morgan fingerprint density at radius 2 is 1.71 bits per heavy atom. The molecule has 2 aromatic carbocycles. The van der Waals surface area contributed by atoms with E-state index in [1.165, 1.54) is 6.07 Å². The zero-order valence-electron chi connectivity index (χ0n) is 12.7. The molecule has 2 aromatic rings. The second-order valence-corrected chi connectivity index (χ2v) is 7.36. The van der Waals surface area contributed by atoms with E-state index >= 15 is 0 Å². The lowest BCUT2D eigenvalue weighted by atomic mass is 10.0. The van der Waals surface area contributed by atoms with Crippen molar-refractivity contribution in [2.24, 2.45) is 0 Å². The molecule has 1 unspecified atom stereocenters. The van der Waals surface area contributed by atoms with Gasteiger partial charge in [-0.1, -0.05) is 12.1 Å². The maximum atomic E-state index is 13.1. The van der Waals surface area contributed by atoms with E-state index < -0.39 is 17.3 Å². The fourth-order valence-electron chi connectivity index (χ4n) is 3.36. The summed E-state index contributed by atoms with van der Waals surface area (Å²) in [5.41, 5.74) is 3.62. The minimum absolute atomic E-state index is 0.0947. The Labute approximate surface area is 141 Å². The third-order valence-corrected chi connectivity index (χ3v) is 6.07. The number of ether oxygens (including phenoxy) is 1. The summed E-state index contributed by atoms with van der Waals surface area (Å²) in [6, 6.07) is 8.62. The highest BCUT2D eigenvalue weighted by molar-refractivity contribution is 7.91. The van der Waals surface area contributed by atoms with Crippen LogP contribution < -0.4 is 4.74 Å². The van der Waals surface area contributed by atoms with Gasteiger partial charge in [-0.3, -0.25) is 4.79 Å². The third-order valence-electron chi connectivity index (χ3n) is 4.52. The van der Waals surface area contributed by atoms with Crippen molar-refractivity contribution in [3.05, 3.63) is 52.6 Å². The van der Waals surface area contributed by atoms with Gasteiger partial charge in [-0.25, -0.2) is 4.79 Å². The molecule has 1 N–H and O–H groups in total. The highest BCUT2D eigenvalue weighted by Gasteiger charge is 2.31. The van der Waals surface area contributed by atoms with Crippen molar-refractivity contribution < 1.29 is 24.0 Å². The Kier molecular flexibility index (Phi) is 3.58. The first-order chi connectivity index (χ1) is 11.5. The number of aryl methyl sites for hydroxylation is 3. The molecule has 0 radical (unpaired) electrons. The van der Waals surface area contributed by atoms with Gasteiger partial charge in [0.1, 0.15) is 5.75 Å². The molecule has 1 aliphatic heterocycles. The number of carboxylic acid groups (broad SMARTS) is 1. The average molecular weight is 342 g/mol. The number of rotatable bonds is 1. The minimum Gasteiger partial charge on any atom is -0.606 e. The maximum Gasteiger partial charge on any atom is 0.511 e. The van der Waals surface area contributed by atoms with Gasteiger partial charge in [0, 0.05) is 46.4 Å². The van der Waals surface area contributed by atoms with E-state index in [9.17, 15) is 14.1 Å². The van der Waals surface area contributed by atoms with Crippen LogP contribution in [0.25, 0.3) is 0 Å². The number of ketones is 1. The number of Topliss-reactive ketones (excluding diaryl/α,β-unsaturated/α-hetero) is 1. The van der Waals surface area contributed by atoms with Crippen LogP contribution in [-0.2, 0) is 30.4 Å². The van der Waals surface area contributed by atoms with E-state index in [1.54, 1.807) is 18.2 Å². The van der Waals surface area contributed by atoms with Crippen molar-refractivity contribution >= 4 is 23.1 Å². The SMILES string of the molecule is O=C(O)Oc1ccc2c(c1)[S+]([O-])c1cc3c(cc1CC2)CCC3=O. The lowest BCUT2D eigenvalue weighted by molar-refractivity contribution is 0.0994. The van der Waals surface area contributed by atoms with Crippen LogP contribution in [0.3, 0.4) is 0 Å². The zero-order valence-corrected chi connectivity index (χ0v) is 13.5. The van der Waals surface area contributed by atoms with E-state index in [4.69, 9.17) is 5.11 Å². The third kappa shape index (κ3) is 2.48. The normalized spacial score (nSPS) is 18.4. The Morgan fingerprint density at radius 3 is 2.50 bits per heavy atom. The molecule has 0 bridgehead atoms. The van der Waals surface area contributed by atoms with Crippen LogP contribution in [0.15, 0.2) is 40.1 Å². The first-order valence-electron chi connectivity index (χ1n) is 7.67. The molecular formula is C18H14O5S. The molecule has 5 nitrogen and oxygen atoms in total. The number of hydrogen-bond donors (Lipinski definition) is 1. The van der Waals surface area contributed by atoms with Crippen molar-refractivity contribution in [1.29, 1.82) is 0 Å². The van der Waals surface area contributed by atoms with Crippen molar-refractivity contribution in [3.63, 3.8) is 0 Å². The molecule has 1 atom stereocenters. The monoisotopic (exact) mass is 342 g/mol. The second kappa shape index (κ2) is 5.65. The highest BCUT2D eigenvalue weighted by atomic mass is 32.2. The molecule has 2 aliphatic rings. The van der Waals surface area contributed by atoms with Gasteiger partial charge in [0.05, 0.1) is 0 Å². The van der Waals surface area contributed by atoms with Crippen LogP contribution >= 0.6 is 0 Å². The van der Waals surface area contributed by atoms with Crippen LogP contribution in [0.5, 0.6) is 5.75 Å². The number of carbonyl (C=O) groups excluding carboxylic acids is 1. The van der Waals surface area contributed by atoms with E-state index in [0.717, 1.165) is 29.5 Å². The van der Waals surface area contributed by atoms with Crippen LogP contribution in [0.4, 0.5) is 4.79 Å². The first kappa shape index (κ1) is 15.2. The summed E-state index contributed by atoms with van der Waals surface area (Å²) in [6.07, 6.45) is 1.32. The largest absolute Gasteiger partial charge is 0.606 e. The zero-order chi connectivity index (χ0) is 16.8. The molecule has 0 fully saturated rings. The van der Waals surface area contributed by atoms with Crippen molar-refractivity contribution in [1.82, 2.24) is 0 Å². The summed E-state index contributed by atoms with van der Waals surface area (Å²) in [4.78, 5) is 23.9. The summed E-state index contributed by atoms with van der Waals surface area (Å²) in [6.45, 7) is 0. The Bertz CT molecular complexity index is 874. The molecule has 0 aromatic heterocycles. The quantitative estimate of drug-likeness (QED) is 0.489. The summed E-state index contributed by atoms with van der Waals surface area (Å²) in [5.74, 6) is 0.243. The van der Waals surface area contributed by atoms with Crippen molar-refractivity contribution in [2.45, 2.75) is 35.5 Å². The minimum atomic E-state index is -1.47. The van der Waals surface area contributed by atoms with Crippen LogP contribution in [0.2, 0.25) is 0 Å². The Balaban J connectivity index is 1.81. The second-order valence-electron chi connectivity index (χ2n) is 5.95. The molecule has 0 spiro atoms. The average Bonchev–Trinajstić information content (AvgIpc) is 2.85. The van der Waals surface area contributed by atoms with Gasteiger partial charge in [-0.15, -0.1) is 0 Å². The topological polar surface area (TPSA) is 86.7 Å². The number of fused-ring (bicyclic) bond motifs is 3. The van der Waals surface area contributed by atoms with E-state index in [0.29, 0.717) is 28.2 Å². The van der Waals surface area contributed by atoms with Crippen LogP contribution in [0.1, 0.15) is 33.5 Å². The molecule has 24 heavy (non-hydrogen) atoms. The molecule has 122 valence electrons. The molecular weight excluding hydrogens is 328 g/mol. The number of benzene rings is 2. The van der Waals surface area contributed by atoms with E-state index in [2.05, 4.69) is 4.74 Å².